The molecule has 1 aromatic rings. The van der Waals surface area contributed by atoms with E-state index < -0.39 is 23.4 Å². The smallest absolute Gasteiger partial charge is 0.416 e. The molecule has 0 saturated carbocycles. The summed E-state index contributed by atoms with van der Waals surface area (Å²) in [5.74, 6) is -0.209. The van der Waals surface area contributed by atoms with E-state index in [2.05, 4.69) is 10.3 Å². The van der Waals surface area contributed by atoms with Gasteiger partial charge in [0.15, 0.2) is 0 Å². The Morgan fingerprint density at radius 2 is 1.94 bits per heavy atom. The standard InChI is InChI=1S/C11H13F3N2O2/c1-10(2,3)18-9(17)16-8-6-7(4-5-15-8)11(12,13)14/h4-6H,1-3H3,(H,15,16,17). The molecule has 0 bridgehead atoms. The van der Waals surface area contributed by atoms with Gasteiger partial charge in [-0.1, -0.05) is 0 Å². The number of carbonyl (C=O) groups is 1. The van der Waals surface area contributed by atoms with Crippen LogP contribution in [0.5, 0.6) is 0 Å². The first-order valence-corrected chi connectivity index (χ1v) is 5.11. The second-order valence-corrected chi connectivity index (χ2v) is 4.55. The van der Waals surface area contributed by atoms with Crippen LogP contribution in [0, 0.1) is 0 Å². The molecule has 0 aromatic carbocycles. The minimum absolute atomic E-state index is 0.209. The number of nitrogens with zero attached hydrogens (tertiary/aromatic N) is 1. The van der Waals surface area contributed by atoms with E-state index >= 15 is 0 Å². The van der Waals surface area contributed by atoms with Gasteiger partial charge < -0.3 is 4.74 Å². The van der Waals surface area contributed by atoms with E-state index in [1.165, 1.54) is 0 Å². The van der Waals surface area contributed by atoms with Crippen LogP contribution in [0.1, 0.15) is 26.3 Å². The van der Waals surface area contributed by atoms with Gasteiger partial charge in [0, 0.05) is 6.20 Å². The molecule has 1 rings (SSSR count). The van der Waals surface area contributed by atoms with Crippen molar-refractivity contribution in [2.24, 2.45) is 0 Å². The number of aromatic nitrogens is 1. The highest BCUT2D eigenvalue weighted by Gasteiger charge is 2.31. The number of ether oxygens (including phenoxy) is 1. The fourth-order valence-electron chi connectivity index (χ4n) is 1.08. The molecule has 0 saturated heterocycles. The quantitative estimate of drug-likeness (QED) is 0.843. The lowest BCUT2D eigenvalue weighted by Crippen LogP contribution is -2.27. The van der Waals surface area contributed by atoms with E-state index in [-0.39, 0.29) is 5.82 Å². The summed E-state index contributed by atoms with van der Waals surface area (Å²) >= 11 is 0. The first-order chi connectivity index (χ1) is 8.08. The van der Waals surface area contributed by atoms with Gasteiger partial charge in [-0.15, -0.1) is 0 Å². The molecule has 0 spiro atoms. The highest BCUT2D eigenvalue weighted by atomic mass is 19.4. The van der Waals surface area contributed by atoms with E-state index in [1.54, 1.807) is 20.8 Å². The molecule has 0 unspecified atom stereocenters. The Hall–Kier alpha value is -1.79. The van der Waals surface area contributed by atoms with Crippen LogP contribution in [0.15, 0.2) is 18.3 Å². The molecule has 0 aliphatic rings. The summed E-state index contributed by atoms with van der Waals surface area (Å²) in [4.78, 5) is 14.9. The average molecular weight is 262 g/mol. The third kappa shape index (κ3) is 4.60. The van der Waals surface area contributed by atoms with E-state index in [0.717, 1.165) is 18.3 Å². The van der Waals surface area contributed by atoms with Crippen LogP contribution >= 0.6 is 0 Å². The van der Waals surface area contributed by atoms with Crippen molar-refractivity contribution in [1.29, 1.82) is 0 Å². The highest BCUT2D eigenvalue weighted by Crippen LogP contribution is 2.29. The van der Waals surface area contributed by atoms with Crippen molar-refractivity contribution in [2.75, 3.05) is 5.32 Å². The maximum Gasteiger partial charge on any atom is 0.416 e. The number of rotatable bonds is 1. The summed E-state index contributed by atoms with van der Waals surface area (Å²) in [5, 5.41) is 2.14. The monoisotopic (exact) mass is 262 g/mol. The van der Waals surface area contributed by atoms with Gasteiger partial charge in [-0.3, -0.25) is 5.32 Å². The molecule has 4 nitrogen and oxygen atoms in total. The number of hydrogen-bond acceptors (Lipinski definition) is 3. The summed E-state index contributed by atoms with van der Waals surface area (Å²) in [6.07, 6.45) is -4.36. The molecule has 18 heavy (non-hydrogen) atoms. The lowest BCUT2D eigenvalue weighted by molar-refractivity contribution is -0.137. The van der Waals surface area contributed by atoms with E-state index in [1.807, 2.05) is 0 Å². The van der Waals surface area contributed by atoms with Crippen LogP contribution in [0.4, 0.5) is 23.8 Å². The predicted octanol–water partition coefficient (Wildman–Crippen LogP) is 3.45. The zero-order chi connectivity index (χ0) is 14.0. The Morgan fingerprint density at radius 3 is 2.44 bits per heavy atom. The molecule has 0 atom stereocenters. The molecule has 7 heteroatoms. The molecular formula is C11H13F3N2O2. The van der Waals surface area contributed by atoms with Gasteiger partial charge in [0.1, 0.15) is 11.4 Å². The molecule has 0 aliphatic carbocycles. The van der Waals surface area contributed by atoms with Crippen LogP contribution in [0.2, 0.25) is 0 Å². The Labute approximate surface area is 102 Å². The van der Waals surface area contributed by atoms with Gasteiger partial charge in [-0.25, -0.2) is 9.78 Å². The van der Waals surface area contributed by atoms with Crippen LogP contribution in [0.3, 0.4) is 0 Å². The van der Waals surface area contributed by atoms with Gasteiger partial charge in [0.2, 0.25) is 0 Å². The molecular weight excluding hydrogens is 249 g/mol. The number of amides is 1. The second-order valence-electron chi connectivity index (χ2n) is 4.55. The SMILES string of the molecule is CC(C)(C)OC(=O)Nc1cc(C(F)(F)F)ccn1. The summed E-state index contributed by atoms with van der Waals surface area (Å²) in [7, 11) is 0. The number of halogens is 3. The van der Waals surface area contributed by atoms with Crippen molar-refractivity contribution in [2.45, 2.75) is 32.5 Å². The zero-order valence-corrected chi connectivity index (χ0v) is 10.1. The maximum atomic E-state index is 12.4. The van der Waals surface area contributed by atoms with Crippen molar-refractivity contribution >= 4 is 11.9 Å². The third-order valence-electron chi connectivity index (χ3n) is 1.72. The number of nitrogens with one attached hydrogen (secondary N) is 1. The average Bonchev–Trinajstić information content (AvgIpc) is 2.13. The van der Waals surface area contributed by atoms with Crippen molar-refractivity contribution in [3.63, 3.8) is 0 Å². The van der Waals surface area contributed by atoms with E-state index in [4.69, 9.17) is 4.74 Å². The lowest BCUT2D eigenvalue weighted by atomic mass is 10.2. The summed E-state index contributed by atoms with van der Waals surface area (Å²) in [6.45, 7) is 4.93. The van der Waals surface area contributed by atoms with Gasteiger partial charge in [0.25, 0.3) is 0 Å². The predicted molar refractivity (Wildman–Crippen MR) is 59.1 cm³/mol. The van der Waals surface area contributed by atoms with Crippen molar-refractivity contribution in [3.05, 3.63) is 23.9 Å². The molecule has 0 fully saturated rings. The topological polar surface area (TPSA) is 51.2 Å². The van der Waals surface area contributed by atoms with E-state index in [9.17, 15) is 18.0 Å². The summed E-state index contributed by atoms with van der Waals surface area (Å²) in [5.41, 5.74) is -1.62. The Bertz CT molecular complexity index is 439. The maximum absolute atomic E-state index is 12.4. The van der Waals surface area contributed by atoms with Crippen molar-refractivity contribution in [3.8, 4) is 0 Å². The fourth-order valence-corrected chi connectivity index (χ4v) is 1.08. The number of anilines is 1. The van der Waals surface area contributed by atoms with Crippen LogP contribution in [0.25, 0.3) is 0 Å². The van der Waals surface area contributed by atoms with Gasteiger partial charge in [0.05, 0.1) is 5.56 Å². The van der Waals surface area contributed by atoms with E-state index in [0.29, 0.717) is 0 Å². The second kappa shape index (κ2) is 4.83. The van der Waals surface area contributed by atoms with Crippen LogP contribution < -0.4 is 5.32 Å². The molecule has 1 N–H and O–H groups in total. The summed E-state index contributed by atoms with van der Waals surface area (Å²) < 4.78 is 42.1. The first kappa shape index (κ1) is 14.3. The summed E-state index contributed by atoms with van der Waals surface area (Å²) in [6, 6.07) is 1.56. The normalized spacial score (nSPS) is 12.1. The highest BCUT2D eigenvalue weighted by molar-refractivity contribution is 5.83. The van der Waals surface area contributed by atoms with Crippen LogP contribution in [-0.2, 0) is 10.9 Å². The molecule has 0 aliphatic heterocycles. The van der Waals surface area contributed by atoms with Crippen LogP contribution in [-0.4, -0.2) is 16.7 Å². The molecule has 1 heterocycles. The fraction of sp³-hybridized carbons (Fsp3) is 0.455. The zero-order valence-electron chi connectivity index (χ0n) is 10.1. The minimum atomic E-state index is -4.48. The molecule has 0 radical (unpaired) electrons. The Balaban J connectivity index is 2.77. The molecule has 100 valence electrons. The van der Waals surface area contributed by atoms with Gasteiger partial charge in [-0.2, -0.15) is 13.2 Å². The minimum Gasteiger partial charge on any atom is -0.444 e. The van der Waals surface area contributed by atoms with Crippen molar-refractivity contribution < 1.29 is 22.7 Å². The first-order valence-electron chi connectivity index (χ1n) is 5.11. The lowest BCUT2D eigenvalue weighted by Gasteiger charge is -2.19. The van der Waals surface area contributed by atoms with Gasteiger partial charge in [-0.05, 0) is 32.9 Å². The molecule has 1 aromatic heterocycles. The van der Waals surface area contributed by atoms with Gasteiger partial charge >= 0.3 is 12.3 Å². The number of carbonyl (C=O) groups excluding carboxylic acids is 1. The largest absolute Gasteiger partial charge is 0.444 e. The number of hydrogen-bond donors (Lipinski definition) is 1. The number of alkyl halides is 3. The Morgan fingerprint density at radius 1 is 1.33 bits per heavy atom. The number of pyridine rings is 1. The Kier molecular flexibility index (Phi) is 3.83. The third-order valence-corrected chi connectivity index (χ3v) is 1.72. The molecule has 1 amide bonds. The van der Waals surface area contributed by atoms with Crippen molar-refractivity contribution in [1.82, 2.24) is 4.98 Å².